The summed E-state index contributed by atoms with van der Waals surface area (Å²) in [6.07, 6.45) is 9.54. The van der Waals surface area contributed by atoms with Crippen LogP contribution in [0.1, 0.15) is 66.9 Å². The van der Waals surface area contributed by atoms with Crippen molar-refractivity contribution >= 4 is 12.0 Å². The topological polar surface area (TPSA) is 61.4 Å². The van der Waals surface area contributed by atoms with E-state index in [9.17, 15) is 4.79 Å². The van der Waals surface area contributed by atoms with Crippen LogP contribution in [0.5, 0.6) is 0 Å². The van der Waals surface area contributed by atoms with Gasteiger partial charge in [0.25, 0.3) is 0 Å². The van der Waals surface area contributed by atoms with E-state index in [0.717, 1.165) is 18.5 Å². The summed E-state index contributed by atoms with van der Waals surface area (Å²) in [6.45, 7) is 3.01. The van der Waals surface area contributed by atoms with Gasteiger partial charge in [0.2, 0.25) is 0 Å². The van der Waals surface area contributed by atoms with E-state index < -0.39 is 5.97 Å². The van der Waals surface area contributed by atoms with Crippen LogP contribution in [0.25, 0.3) is 6.08 Å². The number of aromatic carboxylic acids is 1. The lowest BCUT2D eigenvalue weighted by atomic mass is 9.90. The molecule has 2 aliphatic rings. The number of hydrogen-bond donors (Lipinski definition) is 3. The fraction of sp³-hybridized carbons (Fsp3) is 0.444. The van der Waals surface area contributed by atoms with Gasteiger partial charge in [-0.3, -0.25) is 0 Å². The Hall–Kier alpha value is -2.43. The summed E-state index contributed by atoms with van der Waals surface area (Å²) < 4.78 is 0. The van der Waals surface area contributed by atoms with Gasteiger partial charge in [-0.15, -0.1) is 0 Å². The molecule has 0 spiro atoms. The molecule has 0 radical (unpaired) electrons. The number of carboxylic acid groups (broad SMARTS) is 1. The van der Waals surface area contributed by atoms with Crippen molar-refractivity contribution in [3.05, 3.63) is 76.9 Å². The number of carboxylic acids is 1. The van der Waals surface area contributed by atoms with Gasteiger partial charge in [0.1, 0.15) is 0 Å². The second-order valence-corrected chi connectivity index (χ2v) is 9.03. The number of rotatable bonds is 9. The van der Waals surface area contributed by atoms with E-state index in [-0.39, 0.29) is 0 Å². The summed E-state index contributed by atoms with van der Waals surface area (Å²) in [4.78, 5) is 11.1. The zero-order chi connectivity index (χ0) is 21.6. The van der Waals surface area contributed by atoms with Crippen LogP contribution >= 0.6 is 0 Å². The predicted molar refractivity (Wildman–Crippen MR) is 126 cm³/mol. The Kier molecular flexibility index (Phi) is 7.21. The fourth-order valence-electron chi connectivity index (χ4n) is 4.87. The summed E-state index contributed by atoms with van der Waals surface area (Å²) in [5.41, 5.74) is 4.28. The average Bonchev–Trinajstić information content (AvgIpc) is 3.56. The van der Waals surface area contributed by atoms with E-state index in [4.69, 9.17) is 5.11 Å². The van der Waals surface area contributed by atoms with Gasteiger partial charge >= 0.3 is 5.97 Å². The minimum absolute atomic E-state index is 0.360. The predicted octanol–water partition coefficient (Wildman–Crippen LogP) is 5.26. The molecule has 2 saturated carbocycles. The first-order valence-electron chi connectivity index (χ1n) is 11.7. The summed E-state index contributed by atoms with van der Waals surface area (Å²) >= 11 is 0. The first-order valence-corrected chi connectivity index (χ1v) is 11.7. The van der Waals surface area contributed by atoms with Crippen LogP contribution in [-0.2, 0) is 6.54 Å². The highest BCUT2D eigenvalue weighted by atomic mass is 16.4. The van der Waals surface area contributed by atoms with Crippen molar-refractivity contribution in [2.45, 2.75) is 70.1 Å². The number of carbonyl (C=O) groups is 1. The molecule has 2 aromatic rings. The zero-order valence-corrected chi connectivity index (χ0v) is 18.4. The van der Waals surface area contributed by atoms with Crippen molar-refractivity contribution in [1.82, 2.24) is 10.6 Å². The van der Waals surface area contributed by atoms with Crippen molar-refractivity contribution < 1.29 is 9.90 Å². The van der Waals surface area contributed by atoms with Crippen LogP contribution < -0.4 is 10.6 Å². The normalized spacial score (nSPS) is 25.9. The van der Waals surface area contributed by atoms with E-state index in [1.54, 1.807) is 17.7 Å². The number of benzene rings is 2. The van der Waals surface area contributed by atoms with Crippen LogP contribution in [0.3, 0.4) is 0 Å². The number of hydrogen-bond acceptors (Lipinski definition) is 3. The van der Waals surface area contributed by atoms with E-state index >= 15 is 0 Å². The van der Waals surface area contributed by atoms with Crippen molar-refractivity contribution in [2.24, 2.45) is 5.92 Å². The smallest absolute Gasteiger partial charge is 0.335 e. The molecule has 0 amide bonds. The average molecular weight is 419 g/mol. The molecule has 0 saturated heterocycles. The molecule has 0 aromatic heterocycles. The van der Waals surface area contributed by atoms with Crippen LogP contribution in [0.15, 0.2) is 60.2 Å². The molecule has 31 heavy (non-hydrogen) atoms. The molecule has 4 heteroatoms. The lowest BCUT2D eigenvalue weighted by molar-refractivity contribution is 0.0696. The van der Waals surface area contributed by atoms with E-state index in [2.05, 4.69) is 54.0 Å². The fourth-order valence-corrected chi connectivity index (χ4v) is 4.87. The molecule has 2 aromatic carbocycles. The lowest BCUT2D eigenvalue weighted by Crippen LogP contribution is -2.40. The maximum atomic E-state index is 11.1. The molecule has 4 rings (SSSR count). The third-order valence-corrected chi connectivity index (χ3v) is 6.77. The van der Waals surface area contributed by atoms with Gasteiger partial charge in [-0.25, -0.2) is 4.79 Å². The molecular formula is C27H34N2O2. The Morgan fingerprint density at radius 3 is 2.48 bits per heavy atom. The molecular weight excluding hydrogens is 384 g/mol. The molecule has 2 fully saturated rings. The van der Waals surface area contributed by atoms with Crippen molar-refractivity contribution in [1.29, 1.82) is 0 Å². The molecule has 0 aliphatic heterocycles. The van der Waals surface area contributed by atoms with Gasteiger partial charge in [0, 0.05) is 24.7 Å². The molecule has 0 bridgehead atoms. The van der Waals surface area contributed by atoms with Gasteiger partial charge in [0.05, 0.1) is 5.56 Å². The van der Waals surface area contributed by atoms with Crippen LogP contribution in [0.2, 0.25) is 0 Å². The highest BCUT2D eigenvalue weighted by Crippen LogP contribution is 2.40. The summed E-state index contributed by atoms with van der Waals surface area (Å²) in [5.74, 6) is -0.167. The molecule has 0 heterocycles. The molecule has 2 unspecified atom stereocenters. The Bertz CT molecular complexity index is 900. The molecule has 164 valence electrons. The van der Waals surface area contributed by atoms with Gasteiger partial charge in [-0.05, 0) is 67.7 Å². The van der Waals surface area contributed by atoms with Crippen molar-refractivity contribution in [3.8, 4) is 0 Å². The second kappa shape index (κ2) is 10.3. The van der Waals surface area contributed by atoms with Gasteiger partial charge in [0.15, 0.2) is 0 Å². The SMILES string of the molecule is CC/C(=C\c1ccccc1)C1CC1NC1CCC(NCc2cccc(C(=O)O)c2)CC1. The number of nitrogens with one attached hydrogen (secondary N) is 2. The first kappa shape index (κ1) is 21.8. The van der Waals surface area contributed by atoms with Gasteiger partial charge in [-0.1, -0.05) is 61.0 Å². The van der Waals surface area contributed by atoms with E-state index in [1.165, 1.54) is 37.7 Å². The largest absolute Gasteiger partial charge is 0.478 e. The van der Waals surface area contributed by atoms with Gasteiger partial charge < -0.3 is 15.7 Å². The van der Waals surface area contributed by atoms with Crippen LogP contribution in [-0.4, -0.2) is 29.2 Å². The zero-order valence-electron chi connectivity index (χ0n) is 18.4. The van der Waals surface area contributed by atoms with Crippen LogP contribution in [0.4, 0.5) is 0 Å². The Morgan fingerprint density at radius 2 is 1.77 bits per heavy atom. The Labute approximate surface area is 185 Å². The van der Waals surface area contributed by atoms with Crippen molar-refractivity contribution in [3.63, 3.8) is 0 Å². The third-order valence-electron chi connectivity index (χ3n) is 6.77. The summed E-state index contributed by atoms with van der Waals surface area (Å²) in [6, 6.07) is 19.7. The van der Waals surface area contributed by atoms with Crippen molar-refractivity contribution in [2.75, 3.05) is 0 Å². The second-order valence-electron chi connectivity index (χ2n) is 9.03. The van der Waals surface area contributed by atoms with Gasteiger partial charge in [-0.2, -0.15) is 0 Å². The lowest BCUT2D eigenvalue weighted by Gasteiger charge is -2.30. The minimum atomic E-state index is -0.864. The standard InChI is InChI=1S/C27H34N2O2/c1-2-21(15-19-7-4-3-5-8-19)25-17-26(25)29-24-13-11-23(12-14-24)28-18-20-9-6-10-22(16-20)27(30)31/h3-10,15-16,23-26,28-29H,2,11-14,17-18H2,1H3,(H,30,31)/b21-15+. The maximum Gasteiger partial charge on any atom is 0.335 e. The quantitative estimate of drug-likeness (QED) is 0.520. The van der Waals surface area contributed by atoms with E-state index in [1.807, 2.05) is 12.1 Å². The monoisotopic (exact) mass is 418 g/mol. The third kappa shape index (κ3) is 6.05. The Morgan fingerprint density at radius 1 is 1.03 bits per heavy atom. The summed E-state index contributed by atoms with van der Waals surface area (Å²) in [7, 11) is 0. The molecule has 2 aliphatic carbocycles. The summed E-state index contributed by atoms with van der Waals surface area (Å²) in [5, 5.41) is 16.7. The van der Waals surface area contributed by atoms with Crippen LogP contribution in [0, 0.1) is 5.92 Å². The Balaban J connectivity index is 1.20. The van der Waals surface area contributed by atoms with E-state index in [0.29, 0.717) is 29.6 Å². The molecule has 3 N–H and O–H groups in total. The minimum Gasteiger partial charge on any atom is -0.478 e. The highest BCUT2D eigenvalue weighted by molar-refractivity contribution is 5.87. The first-order chi connectivity index (χ1) is 15.1. The molecule has 2 atom stereocenters. The highest BCUT2D eigenvalue weighted by Gasteiger charge is 2.40. The maximum absolute atomic E-state index is 11.1. The molecule has 4 nitrogen and oxygen atoms in total.